The van der Waals surface area contributed by atoms with E-state index in [0.717, 1.165) is 17.2 Å². The van der Waals surface area contributed by atoms with Gasteiger partial charge in [-0.1, -0.05) is 12.1 Å². The maximum Gasteiger partial charge on any atom is 0.191 e. The Morgan fingerprint density at radius 3 is 2.59 bits per heavy atom. The van der Waals surface area contributed by atoms with Gasteiger partial charge in [-0.15, -0.1) is 24.0 Å². The third kappa shape index (κ3) is 8.33. The van der Waals surface area contributed by atoms with E-state index in [4.69, 9.17) is 14.2 Å². The van der Waals surface area contributed by atoms with Crippen LogP contribution in [-0.2, 0) is 0 Å². The Labute approximate surface area is 177 Å². The number of nitrogens with zero attached hydrogens (tertiary/aromatic N) is 2. The van der Waals surface area contributed by atoms with Crippen LogP contribution in [0.3, 0.4) is 0 Å². The predicted molar refractivity (Wildman–Crippen MR) is 118 cm³/mol. The first-order chi connectivity index (χ1) is 12.7. The van der Waals surface area contributed by atoms with Gasteiger partial charge in [0.1, 0.15) is 18.5 Å². The molecule has 1 aromatic heterocycles. The van der Waals surface area contributed by atoms with E-state index in [9.17, 15) is 0 Å². The van der Waals surface area contributed by atoms with Gasteiger partial charge in [-0.3, -0.25) is 9.98 Å². The highest BCUT2D eigenvalue weighted by Gasteiger charge is 2.09. The van der Waals surface area contributed by atoms with Crippen molar-refractivity contribution in [2.24, 2.45) is 4.99 Å². The van der Waals surface area contributed by atoms with Crippen LogP contribution < -0.4 is 24.8 Å². The summed E-state index contributed by atoms with van der Waals surface area (Å²) in [6, 6.07) is 11.3. The van der Waals surface area contributed by atoms with Crippen molar-refractivity contribution in [1.29, 1.82) is 0 Å². The van der Waals surface area contributed by atoms with Crippen LogP contribution in [0.5, 0.6) is 17.2 Å². The largest absolute Gasteiger partial charge is 0.493 e. The zero-order chi connectivity index (χ0) is 18.6. The lowest BCUT2D eigenvalue weighted by molar-refractivity contribution is 0.213. The second-order valence-corrected chi connectivity index (χ2v) is 5.50. The lowest BCUT2D eigenvalue weighted by atomic mass is 10.3. The number of halogens is 1. The number of benzene rings is 1. The molecule has 0 aliphatic rings. The minimum Gasteiger partial charge on any atom is -0.493 e. The summed E-state index contributed by atoms with van der Waals surface area (Å²) in [6.45, 7) is 3.72. The molecule has 1 aromatic carbocycles. The second kappa shape index (κ2) is 13.0. The monoisotopic (exact) mass is 486 g/mol. The number of pyridine rings is 1. The molecule has 8 heteroatoms. The average Bonchev–Trinajstić information content (AvgIpc) is 2.68. The highest BCUT2D eigenvalue weighted by molar-refractivity contribution is 14.0. The van der Waals surface area contributed by atoms with E-state index in [0.29, 0.717) is 25.7 Å². The Morgan fingerprint density at radius 1 is 1.15 bits per heavy atom. The third-order valence-corrected chi connectivity index (χ3v) is 3.48. The number of methoxy groups -OCH3 is 1. The average molecular weight is 486 g/mol. The molecule has 0 saturated carbocycles. The van der Waals surface area contributed by atoms with Crippen LogP contribution in [0, 0.1) is 0 Å². The van der Waals surface area contributed by atoms with Crippen LogP contribution >= 0.6 is 24.0 Å². The van der Waals surface area contributed by atoms with Gasteiger partial charge < -0.3 is 24.8 Å². The van der Waals surface area contributed by atoms with Crippen molar-refractivity contribution < 1.29 is 14.2 Å². The summed E-state index contributed by atoms with van der Waals surface area (Å²) in [7, 11) is 3.35. The van der Waals surface area contributed by atoms with Crippen molar-refractivity contribution in [3.05, 3.63) is 48.8 Å². The Morgan fingerprint density at radius 2 is 1.93 bits per heavy atom. The van der Waals surface area contributed by atoms with Crippen LogP contribution in [-0.4, -0.2) is 50.9 Å². The number of guanidine groups is 1. The Hall–Kier alpha value is -2.23. The molecule has 2 aromatic rings. The molecule has 0 bridgehead atoms. The molecular weight excluding hydrogens is 459 g/mol. The normalized spacial score (nSPS) is 11.7. The van der Waals surface area contributed by atoms with E-state index in [1.54, 1.807) is 26.6 Å². The fraction of sp³-hybridized carbons (Fsp3) is 0.368. The molecule has 1 heterocycles. The molecule has 2 rings (SSSR count). The lowest BCUT2D eigenvalue weighted by Gasteiger charge is -2.19. The van der Waals surface area contributed by atoms with E-state index in [1.165, 1.54) is 0 Å². The fourth-order valence-electron chi connectivity index (χ4n) is 2.21. The summed E-state index contributed by atoms with van der Waals surface area (Å²) >= 11 is 0. The van der Waals surface area contributed by atoms with Crippen LogP contribution in [0.4, 0.5) is 0 Å². The van der Waals surface area contributed by atoms with Gasteiger partial charge in [0.05, 0.1) is 26.4 Å². The molecule has 0 spiro atoms. The Balaban J connectivity index is 0.00000364. The first kappa shape index (κ1) is 22.8. The Kier molecular flexibility index (Phi) is 11.0. The molecule has 27 heavy (non-hydrogen) atoms. The summed E-state index contributed by atoms with van der Waals surface area (Å²) in [4.78, 5) is 8.20. The van der Waals surface area contributed by atoms with E-state index >= 15 is 0 Å². The second-order valence-electron chi connectivity index (χ2n) is 5.50. The molecule has 148 valence electrons. The van der Waals surface area contributed by atoms with Gasteiger partial charge in [0.25, 0.3) is 0 Å². The Bertz CT molecular complexity index is 686. The zero-order valence-electron chi connectivity index (χ0n) is 15.8. The summed E-state index contributed by atoms with van der Waals surface area (Å²) in [6.07, 6.45) is 3.34. The van der Waals surface area contributed by atoms with Gasteiger partial charge in [-0.05, 0) is 31.2 Å². The summed E-state index contributed by atoms with van der Waals surface area (Å²) in [5.41, 5.74) is 0. The number of ether oxygens (including phenoxy) is 3. The number of hydrogen-bond donors (Lipinski definition) is 2. The van der Waals surface area contributed by atoms with Crippen molar-refractivity contribution in [2.45, 2.75) is 13.0 Å². The molecular formula is C19H27IN4O3. The molecule has 0 radical (unpaired) electrons. The first-order valence-electron chi connectivity index (χ1n) is 8.50. The number of hydrogen-bond acceptors (Lipinski definition) is 5. The first-order valence-corrected chi connectivity index (χ1v) is 8.50. The van der Waals surface area contributed by atoms with Crippen molar-refractivity contribution in [1.82, 2.24) is 15.6 Å². The highest BCUT2D eigenvalue weighted by atomic mass is 127. The predicted octanol–water partition coefficient (Wildman–Crippen LogP) is 2.72. The summed E-state index contributed by atoms with van der Waals surface area (Å²) in [5, 5.41) is 6.43. The van der Waals surface area contributed by atoms with E-state index in [-0.39, 0.29) is 30.1 Å². The minimum atomic E-state index is -0.0588. The maximum atomic E-state index is 5.91. The number of aliphatic imine (C=N–C) groups is 1. The van der Waals surface area contributed by atoms with Crippen molar-refractivity contribution in [3.63, 3.8) is 0 Å². The molecule has 7 nitrogen and oxygen atoms in total. The quantitative estimate of drug-likeness (QED) is 0.246. The molecule has 0 saturated heterocycles. The SMILES string of the molecule is CN=C(NCCOc1cccnc1)NCC(C)Oc1ccccc1OC.I. The zero-order valence-corrected chi connectivity index (χ0v) is 18.2. The number of nitrogens with one attached hydrogen (secondary N) is 2. The number of aromatic nitrogens is 1. The maximum absolute atomic E-state index is 5.91. The third-order valence-electron chi connectivity index (χ3n) is 3.48. The number of rotatable bonds is 9. The van der Waals surface area contributed by atoms with Gasteiger partial charge in [0.15, 0.2) is 17.5 Å². The topological polar surface area (TPSA) is 77.0 Å². The lowest BCUT2D eigenvalue weighted by Crippen LogP contribution is -2.43. The fourth-order valence-corrected chi connectivity index (χ4v) is 2.21. The van der Waals surface area contributed by atoms with Crippen LogP contribution in [0.1, 0.15) is 6.92 Å². The van der Waals surface area contributed by atoms with Crippen LogP contribution in [0.2, 0.25) is 0 Å². The van der Waals surface area contributed by atoms with Gasteiger partial charge in [0.2, 0.25) is 0 Å². The molecule has 1 unspecified atom stereocenters. The van der Waals surface area contributed by atoms with Crippen molar-refractivity contribution in [3.8, 4) is 17.2 Å². The molecule has 2 N–H and O–H groups in total. The van der Waals surface area contributed by atoms with Gasteiger partial charge in [-0.25, -0.2) is 0 Å². The molecule has 0 fully saturated rings. The molecule has 0 aliphatic heterocycles. The molecule has 0 aliphatic carbocycles. The minimum absolute atomic E-state index is 0. The molecule has 0 amide bonds. The summed E-state index contributed by atoms with van der Waals surface area (Å²) < 4.78 is 16.8. The van der Waals surface area contributed by atoms with E-state index in [2.05, 4.69) is 20.6 Å². The van der Waals surface area contributed by atoms with E-state index < -0.39 is 0 Å². The van der Waals surface area contributed by atoms with E-state index in [1.807, 2.05) is 43.3 Å². The van der Waals surface area contributed by atoms with Gasteiger partial charge >= 0.3 is 0 Å². The van der Waals surface area contributed by atoms with Crippen molar-refractivity contribution in [2.75, 3.05) is 33.9 Å². The van der Waals surface area contributed by atoms with Crippen LogP contribution in [0.15, 0.2) is 53.8 Å². The highest BCUT2D eigenvalue weighted by Crippen LogP contribution is 2.26. The van der Waals surface area contributed by atoms with Crippen LogP contribution in [0.25, 0.3) is 0 Å². The van der Waals surface area contributed by atoms with Crippen molar-refractivity contribution >= 4 is 29.9 Å². The number of para-hydroxylation sites is 2. The smallest absolute Gasteiger partial charge is 0.191 e. The standard InChI is InChI=1S/C19H26N4O3.HI/c1-15(26-18-9-5-4-8-17(18)24-3)13-23-19(20-2)22-11-12-25-16-7-6-10-21-14-16;/h4-10,14-15H,11-13H2,1-3H3,(H2,20,22,23);1H. The molecule has 1 atom stereocenters. The van der Waals surface area contributed by atoms with Gasteiger partial charge in [0, 0.05) is 13.2 Å². The van der Waals surface area contributed by atoms with Gasteiger partial charge in [-0.2, -0.15) is 0 Å². The summed E-state index contributed by atoms with van der Waals surface area (Å²) in [5.74, 6) is 2.87.